The fourth-order valence-corrected chi connectivity index (χ4v) is 2.72. The van der Waals surface area contributed by atoms with E-state index in [-0.39, 0.29) is 12.2 Å². The van der Waals surface area contributed by atoms with Gasteiger partial charge in [0.25, 0.3) is 0 Å². The summed E-state index contributed by atoms with van der Waals surface area (Å²) < 4.78 is 10.5. The molecule has 0 N–H and O–H groups in total. The Balaban J connectivity index is 2.23. The van der Waals surface area contributed by atoms with Crippen molar-refractivity contribution in [3.63, 3.8) is 0 Å². The number of nitrogens with zero attached hydrogens (tertiary/aromatic N) is 1. The predicted molar refractivity (Wildman–Crippen MR) is 70.6 cm³/mol. The number of hydrogen-bond acceptors (Lipinski definition) is 4. The summed E-state index contributed by atoms with van der Waals surface area (Å²) in [7, 11) is 0. The largest absolute Gasteiger partial charge is 0.477 e. The van der Waals surface area contributed by atoms with Crippen LogP contribution in [0.4, 0.5) is 0 Å². The molecule has 1 aliphatic rings. The summed E-state index contributed by atoms with van der Waals surface area (Å²) in [5, 5.41) is 9.80. The first-order chi connectivity index (χ1) is 9.20. The lowest BCUT2D eigenvalue weighted by Gasteiger charge is -2.08. The monoisotopic (exact) mass is 275 g/mol. The third-order valence-corrected chi connectivity index (χ3v) is 3.61. The van der Waals surface area contributed by atoms with Gasteiger partial charge in [-0.15, -0.1) is 0 Å². The summed E-state index contributed by atoms with van der Waals surface area (Å²) in [5.74, 6) is 0.358. The van der Waals surface area contributed by atoms with Crippen molar-refractivity contribution < 1.29 is 9.15 Å². The average molecular weight is 276 g/mol. The maximum Gasteiger partial charge on any atom is 0.339 e. The van der Waals surface area contributed by atoms with Crippen molar-refractivity contribution in [1.82, 2.24) is 0 Å². The molecule has 19 heavy (non-hydrogen) atoms. The van der Waals surface area contributed by atoms with Gasteiger partial charge < -0.3 is 9.15 Å². The van der Waals surface area contributed by atoms with E-state index in [1.54, 1.807) is 12.1 Å². The minimum atomic E-state index is -0.284. The van der Waals surface area contributed by atoms with E-state index in [1.165, 1.54) is 0 Å². The van der Waals surface area contributed by atoms with Crippen molar-refractivity contribution in [2.24, 2.45) is 0 Å². The fraction of sp³-hybridized carbons (Fsp3) is 0.286. The molecule has 0 amide bonds. The number of hydrogen-bond donors (Lipinski definition) is 0. The van der Waals surface area contributed by atoms with Crippen LogP contribution in [-0.4, -0.2) is 6.61 Å². The predicted octanol–water partition coefficient (Wildman–Crippen LogP) is 2.84. The second-order valence-electron chi connectivity index (χ2n) is 4.43. The summed E-state index contributed by atoms with van der Waals surface area (Å²) in [5.41, 5.74) is 1.96. The van der Waals surface area contributed by atoms with Gasteiger partial charge in [0.2, 0.25) is 0 Å². The van der Waals surface area contributed by atoms with Gasteiger partial charge in [-0.05, 0) is 30.9 Å². The molecular weight excluding hydrogens is 266 g/mol. The summed E-state index contributed by atoms with van der Waals surface area (Å²) in [4.78, 5) is 11.8. The van der Waals surface area contributed by atoms with Crippen LogP contribution in [0, 0.1) is 11.3 Å². The van der Waals surface area contributed by atoms with Gasteiger partial charge in [-0.1, -0.05) is 11.6 Å². The Morgan fingerprint density at radius 1 is 1.37 bits per heavy atom. The van der Waals surface area contributed by atoms with E-state index in [0.29, 0.717) is 16.4 Å². The van der Waals surface area contributed by atoms with Crippen LogP contribution in [-0.2, 0) is 12.8 Å². The number of rotatable bonds is 2. The molecule has 0 aliphatic heterocycles. The molecule has 0 bridgehead atoms. The molecule has 2 aromatic rings. The van der Waals surface area contributed by atoms with Crippen molar-refractivity contribution >= 4 is 22.6 Å². The number of benzene rings is 1. The number of aryl methyl sites for hydroxylation is 1. The summed E-state index contributed by atoms with van der Waals surface area (Å²) in [6.45, 7) is -0.0968. The van der Waals surface area contributed by atoms with Gasteiger partial charge in [0.05, 0.1) is 5.02 Å². The molecule has 1 aromatic heterocycles. The van der Waals surface area contributed by atoms with Gasteiger partial charge in [-0.25, -0.2) is 4.79 Å². The molecule has 1 aliphatic carbocycles. The second kappa shape index (κ2) is 4.60. The molecule has 0 saturated carbocycles. The Morgan fingerprint density at radius 2 is 2.16 bits per heavy atom. The highest BCUT2D eigenvalue weighted by atomic mass is 35.5. The molecule has 0 spiro atoms. The summed E-state index contributed by atoms with van der Waals surface area (Å²) >= 11 is 6.13. The lowest BCUT2D eigenvalue weighted by Crippen LogP contribution is -2.07. The van der Waals surface area contributed by atoms with Crippen LogP contribution in [0.25, 0.3) is 11.0 Å². The average Bonchev–Trinajstić information content (AvgIpc) is 2.88. The Hall–Kier alpha value is -1.99. The number of nitriles is 1. The molecule has 0 fully saturated rings. The van der Waals surface area contributed by atoms with E-state index < -0.39 is 0 Å². The maximum absolute atomic E-state index is 11.8. The molecule has 0 radical (unpaired) electrons. The molecule has 1 heterocycles. The zero-order valence-electron chi connectivity index (χ0n) is 10.0. The van der Waals surface area contributed by atoms with E-state index in [9.17, 15) is 4.79 Å². The zero-order chi connectivity index (χ0) is 13.4. The normalized spacial score (nSPS) is 13.3. The highest BCUT2D eigenvalue weighted by Crippen LogP contribution is 2.34. The van der Waals surface area contributed by atoms with Gasteiger partial charge in [0.1, 0.15) is 17.4 Å². The van der Waals surface area contributed by atoms with Crippen molar-refractivity contribution in [1.29, 1.82) is 5.26 Å². The molecule has 0 unspecified atom stereocenters. The van der Waals surface area contributed by atoms with Crippen LogP contribution in [0.15, 0.2) is 21.3 Å². The highest BCUT2D eigenvalue weighted by molar-refractivity contribution is 6.32. The first-order valence-corrected chi connectivity index (χ1v) is 6.36. The van der Waals surface area contributed by atoms with Gasteiger partial charge in [-0.3, -0.25) is 0 Å². The standard InChI is InChI=1S/C14H10ClNO3/c15-11-6-10-8-2-1-3-9(8)14(17)19-12(10)7-13(11)18-5-4-16/h6-7H,1-3,5H2. The maximum atomic E-state index is 11.8. The Bertz CT molecular complexity index is 758. The van der Waals surface area contributed by atoms with Gasteiger partial charge >= 0.3 is 5.63 Å². The topological polar surface area (TPSA) is 63.2 Å². The lowest BCUT2D eigenvalue weighted by atomic mass is 10.1. The molecule has 4 nitrogen and oxygen atoms in total. The minimum Gasteiger partial charge on any atom is -0.477 e. The van der Waals surface area contributed by atoms with Crippen molar-refractivity contribution in [2.45, 2.75) is 19.3 Å². The smallest absolute Gasteiger partial charge is 0.339 e. The van der Waals surface area contributed by atoms with Crippen LogP contribution in [0.2, 0.25) is 5.02 Å². The van der Waals surface area contributed by atoms with E-state index in [1.807, 2.05) is 6.07 Å². The third kappa shape index (κ3) is 1.96. The van der Waals surface area contributed by atoms with Crippen molar-refractivity contribution in [3.8, 4) is 11.8 Å². The fourth-order valence-electron chi connectivity index (χ4n) is 2.50. The highest BCUT2D eigenvalue weighted by Gasteiger charge is 2.20. The van der Waals surface area contributed by atoms with Gasteiger partial charge in [0.15, 0.2) is 6.61 Å². The molecule has 1 aromatic carbocycles. The van der Waals surface area contributed by atoms with E-state index in [2.05, 4.69) is 0 Å². The molecule has 0 atom stereocenters. The Labute approximate surface area is 114 Å². The van der Waals surface area contributed by atoms with Crippen LogP contribution in [0.1, 0.15) is 17.5 Å². The molecule has 3 rings (SSSR count). The van der Waals surface area contributed by atoms with Gasteiger partial charge in [-0.2, -0.15) is 5.26 Å². The van der Waals surface area contributed by atoms with E-state index in [0.717, 1.165) is 35.8 Å². The molecular formula is C14H10ClNO3. The van der Waals surface area contributed by atoms with Crippen LogP contribution in [0.5, 0.6) is 5.75 Å². The van der Waals surface area contributed by atoms with Crippen molar-refractivity contribution in [2.75, 3.05) is 6.61 Å². The molecule has 0 saturated heterocycles. The van der Waals surface area contributed by atoms with Gasteiger partial charge in [0, 0.05) is 17.0 Å². The minimum absolute atomic E-state index is 0.0968. The molecule has 5 heteroatoms. The van der Waals surface area contributed by atoms with E-state index >= 15 is 0 Å². The Morgan fingerprint density at radius 3 is 2.95 bits per heavy atom. The Kier molecular flexibility index (Phi) is 2.92. The van der Waals surface area contributed by atoms with Crippen LogP contribution in [0.3, 0.4) is 0 Å². The number of fused-ring (bicyclic) bond motifs is 3. The van der Waals surface area contributed by atoms with Crippen LogP contribution < -0.4 is 10.4 Å². The summed E-state index contributed by atoms with van der Waals surface area (Å²) in [6, 6.07) is 5.20. The quantitative estimate of drug-likeness (QED) is 0.791. The summed E-state index contributed by atoms with van der Waals surface area (Å²) in [6.07, 6.45) is 2.59. The zero-order valence-corrected chi connectivity index (χ0v) is 10.8. The number of ether oxygens (including phenoxy) is 1. The second-order valence-corrected chi connectivity index (χ2v) is 4.83. The van der Waals surface area contributed by atoms with E-state index in [4.69, 9.17) is 26.0 Å². The third-order valence-electron chi connectivity index (χ3n) is 3.32. The SMILES string of the molecule is N#CCOc1cc2oc(=O)c3c(c2cc1Cl)CCC3. The number of halogens is 1. The lowest BCUT2D eigenvalue weighted by molar-refractivity contribution is 0.368. The van der Waals surface area contributed by atoms with Crippen molar-refractivity contribution in [3.05, 3.63) is 38.7 Å². The van der Waals surface area contributed by atoms with Crippen LogP contribution >= 0.6 is 11.6 Å². The molecule has 96 valence electrons. The first kappa shape index (κ1) is 12.1. The first-order valence-electron chi connectivity index (χ1n) is 5.98.